The highest BCUT2D eigenvalue weighted by molar-refractivity contribution is 6.34. The third-order valence-electron chi connectivity index (χ3n) is 11.3. The highest BCUT2D eigenvalue weighted by Gasteiger charge is 2.76. The predicted octanol–water partition coefficient (Wildman–Crippen LogP) is 4.19. The normalized spacial score (nSPS) is 46.5. The van der Waals surface area contributed by atoms with Crippen LogP contribution in [0.5, 0.6) is 0 Å². The summed E-state index contributed by atoms with van der Waals surface area (Å²) in [4.78, 5) is 6.23. The maximum atomic E-state index is 12.3. The van der Waals surface area contributed by atoms with Gasteiger partial charge in [0.25, 0.3) is 0 Å². The van der Waals surface area contributed by atoms with Crippen molar-refractivity contribution in [3.8, 4) is 0 Å². The second-order valence-electron chi connectivity index (χ2n) is 13.0. The molecule has 4 fully saturated rings. The number of allylic oxidation sites excluding steroid dienone is 2. The Bertz CT molecular complexity index is 1320. The van der Waals surface area contributed by atoms with Gasteiger partial charge in [0.2, 0.25) is 0 Å². The van der Waals surface area contributed by atoms with Crippen LogP contribution in [0.1, 0.15) is 57.4 Å². The molecule has 3 N–H and O–H groups in total. The maximum Gasteiger partial charge on any atom is 0.136 e. The van der Waals surface area contributed by atoms with Crippen molar-refractivity contribution in [1.29, 1.82) is 0 Å². The van der Waals surface area contributed by atoms with Crippen LogP contribution in [0, 0.1) is 17.3 Å². The predicted molar refractivity (Wildman–Crippen MR) is 143 cm³/mol. The van der Waals surface area contributed by atoms with Gasteiger partial charge in [0, 0.05) is 29.5 Å². The van der Waals surface area contributed by atoms with E-state index < -0.39 is 29.0 Å². The number of hydrogen-bond acceptors (Lipinski definition) is 6. The molecule has 2 aliphatic heterocycles. The van der Waals surface area contributed by atoms with Gasteiger partial charge < -0.3 is 25.0 Å². The van der Waals surface area contributed by atoms with Gasteiger partial charge in [-0.25, -0.2) is 4.98 Å². The lowest BCUT2D eigenvalue weighted by Crippen LogP contribution is -2.73. The van der Waals surface area contributed by atoms with Gasteiger partial charge in [0.1, 0.15) is 10.8 Å². The van der Waals surface area contributed by atoms with Crippen LogP contribution in [0.4, 0.5) is 0 Å². The molecule has 1 aromatic carbocycles. The number of aromatic nitrogens is 1. The molecule has 2 spiro atoms. The largest absolute Gasteiger partial charge is 0.390 e. The van der Waals surface area contributed by atoms with Crippen molar-refractivity contribution >= 4 is 27.9 Å². The molecule has 6 nitrogen and oxygen atoms in total. The molecule has 1 aromatic heterocycles. The minimum absolute atomic E-state index is 0.122. The average Bonchev–Trinajstić information content (AvgIpc) is 3.40. The lowest BCUT2D eigenvalue weighted by atomic mass is 9.51. The Morgan fingerprint density at radius 1 is 1.05 bits per heavy atom. The van der Waals surface area contributed by atoms with E-state index in [0.29, 0.717) is 24.4 Å². The summed E-state index contributed by atoms with van der Waals surface area (Å²) in [6.07, 6.45) is 7.54. The molecular formula is C30H37ClN2O4. The van der Waals surface area contributed by atoms with E-state index in [9.17, 15) is 15.3 Å². The molecular weight excluding hydrogens is 488 g/mol. The lowest BCUT2D eigenvalue weighted by molar-refractivity contribution is -0.331. The van der Waals surface area contributed by atoms with Gasteiger partial charge in [0.05, 0.1) is 23.4 Å². The minimum Gasteiger partial charge on any atom is -0.390 e. The number of ether oxygens (including phenoxy) is 1. The summed E-state index contributed by atoms with van der Waals surface area (Å²) in [6, 6.07) is 8.28. The molecule has 0 radical (unpaired) electrons. The van der Waals surface area contributed by atoms with Crippen LogP contribution in [0.25, 0.3) is 16.3 Å². The highest BCUT2D eigenvalue weighted by atomic mass is 35.5. The summed E-state index contributed by atoms with van der Waals surface area (Å²) in [6.45, 7) is 2.36. The zero-order valence-corrected chi connectivity index (χ0v) is 22.6. The Kier molecular flexibility index (Phi) is 5.15. The zero-order valence-electron chi connectivity index (χ0n) is 21.8. The van der Waals surface area contributed by atoms with Crippen LogP contribution in [-0.4, -0.2) is 74.4 Å². The molecule has 37 heavy (non-hydrogen) atoms. The summed E-state index contributed by atoms with van der Waals surface area (Å²) >= 11 is 6.34. The van der Waals surface area contributed by atoms with Crippen molar-refractivity contribution in [2.45, 2.75) is 86.9 Å². The Morgan fingerprint density at radius 2 is 1.86 bits per heavy atom. The van der Waals surface area contributed by atoms with Gasteiger partial charge in [-0.1, -0.05) is 36.7 Å². The summed E-state index contributed by atoms with van der Waals surface area (Å²) in [5.41, 5.74) is 0.264. The molecule has 0 amide bonds. The van der Waals surface area contributed by atoms with Crippen LogP contribution in [0.2, 0.25) is 5.15 Å². The minimum atomic E-state index is -1.00. The molecule has 3 aliphatic carbocycles. The monoisotopic (exact) mass is 524 g/mol. The molecule has 3 heterocycles. The molecule has 5 aliphatic rings. The van der Waals surface area contributed by atoms with Crippen LogP contribution in [0.15, 0.2) is 36.5 Å². The van der Waals surface area contributed by atoms with Crippen LogP contribution < -0.4 is 0 Å². The Hall–Kier alpha value is -1.54. The van der Waals surface area contributed by atoms with Crippen molar-refractivity contribution < 1.29 is 20.1 Å². The first kappa shape index (κ1) is 24.5. The number of rotatable bonds is 2. The first-order chi connectivity index (χ1) is 17.5. The van der Waals surface area contributed by atoms with Crippen LogP contribution in [-0.2, 0) is 4.74 Å². The maximum absolute atomic E-state index is 12.3. The van der Waals surface area contributed by atoms with Gasteiger partial charge >= 0.3 is 0 Å². The fourth-order valence-electron chi connectivity index (χ4n) is 9.37. The summed E-state index contributed by atoms with van der Waals surface area (Å²) in [5, 5.41) is 37.1. The van der Waals surface area contributed by atoms with E-state index in [1.165, 1.54) is 11.1 Å². The first-order valence-corrected chi connectivity index (χ1v) is 14.1. The average molecular weight is 525 g/mol. The number of likely N-dealkylation sites (N-methyl/N-ethyl adjacent to an activating group) is 1. The second-order valence-corrected chi connectivity index (χ2v) is 13.3. The van der Waals surface area contributed by atoms with E-state index >= 15 is 0 Å². The number of nitrogens with zero attached hydrogens (tertiary/aromatic N) is 2. The third-order valence-corrected chi connectivity index (χ3v) is 11.6. The highest BCUT2D eigenvalue weighted by Crippen LogP contribution is 2.71. The molecule has 198 valence electrons. The number of aliphatic hydroxyl groups excluding tert-OH is 2. The number of aliphatic hydroxyl groups is 3. The van der Waals surface area contributed by atoms with Crippen molar-refractivity contribution in [1.82, 2.24) is 9.88 Å². The Morgan fingerprint density at radius 3 is 2.65 bits per heavy atom. The second kappa shape index (κ2) is 7.77. The van der Waals surface area contributed by atoms with Gasteiger partial charge in [-0.3, -0.25) is 0 Å². The van der Waals surface area contributed by atoms with Crippen molar-refractivity contribution in [2.75, 3.05) is 14.1 Å². The summed E-state index contributed by atoms with van der Waals surface area (Å²) in [5.74, 6) is -0.0936. The quantitative estimate of drug-likeness (QED) is 0.511. The number of hydrogen-bond donors (Lipinski definition) is 3. The molecule has 9 unspecified atom stereocenters. The van der Waals surface area contributed by atoms with E-state index in [1.807, 2.05) is 25.1 Å². The standard InChI is InChI=1S/C30H37ClN2O4/c1-27-9-11-29(36)15-21-24(34)25(35)22(33(2)3)16-28(21)10-12-30(29,37-28)23(27)7-6-20(27)18-4-5-19-17(14-18)8-13-32-26(19)31/h4-6,8,13-14,21-25,34-36H,7,9-12,15-16H2,1-3H3. The fourth-order valence-corrected chi connectivity index (χ4v) is 9.59. The Balaban J connectivity index is 1.27. The molecule has 9 atom stereocenters. The summed E-state index contributed by atoms with van der Waals surface area (Å²) < 4.78 is 7.23. The van der Waals surface area contributed by atoms with Crippen molar-refractivity contribution in [2.24, 2.45) is 17.3 Å². The molecule has 2 bridgehead atoms. The third kappa shape index (κ3) is 3.03. The number of benzene rings is 1. The Labute approximate surface area is 223 Å². The van der Waals surface area contributed by atoms with Gasteiger partial charge in [-0.2, -0.15) is 0 Å². The van der Waals surface area contributed by atoms with E-state index in [1.54, 1.807) is 6.20 Å². The van der Waals surface area contributed by atoms with E-state index in [2.05, 4.69) is 36.2 Å². The topological polar surface area (TPSA) is 86.1 Å². The van der Waals surface area contributed by atoms with E-state index in [-0.39, 0.29) is 23.3 Å². The molecule has 2 saturated carbocycles. The van der Waals surface area contributed by atoms with E-state index in [0.717, 1.165) is 36.5 Å². The van der Waals surface area contributed by atoms with Crippen LogP contribution in [0.3, 0.4) is 0 Å². The molecule has 7 rings (SSSR count). The van der Waals surface area contributed by atoms with Gasteiger partial charge in [-0.05, 0) is 93.1 Å². The zero-order chi connectivity index (χ0) is 26.0. The smallest absolute Gasteiger partial charge is 0.136 e. The number of fused-ring (bicyclic) bond motifs is 2. The number of pyridine rings is 1. The van der Waals surface area contributed by atoms with Crippen molar-refractivity contribution in [3.63, 3.8) is 0 Å². The summed E-state index contributed by atoms with van der Waals surface area (Å²) in [7, 11) is 3.91. The van der Waals surface area contributed by atoms with Gasteiger partial charge in [0.15, 0.2) is 0 Å². The fraction of sp³-hybridized carbons (Fsp3) is 0.633. The molecule has 7 heteroatoms. The van der Waals surface area contributed by atoms with E-state index in [4.69, 9.17) is 16.3 Å². The molecule has 2 saturated heterocycles. The van der Waals surface area contributed by atoms with Crippen LogP contribution >= 0.6 is 11.6 Å². The number of halogens is 1. The first-order valence-electron chi connectivity index (χ1n) is 13.7. The van der Waals surface area contributed by atoms with Gasteiger partial charge in [-0.15, -0.1) is 0 Å². The molecule has 2 aromatic rings. The lowest BCUT2D eigenvalue weighted by Gasteiger charge is -2.65. The van der Waals surface area contributed by atoms with Crippen molar-refractivity contribution in [3.05, 3.63) is 47.3 Å². The SMILES string of the molecule is CN(C)C1CC23CCC4(O2)C2CC=C(c5ccc6c(Cl)nccc6c5)C2(C)CCC4(O)CC3C(O)C1O.